The van der Waals surface area contributed by atoms with Crippen LogP contribution < -0.4 is 26.2 Å². The standard InChI is InChI=1S/C22H29N9O3S.2ClH/c23-7-8-24-19(32)15-5-9-29(10-6-15)20-26-22(35-28-20)31-13-11-30(12-14-31)21(33)25-18-16-3-1-2-4-17(16)34-27-18;;/h1-4,15H,5-14,23H2,(H,24,32)(H,25,27,33);2*1H. The molecule has 0 unspecified atom stereocenters. The van der Waals surface area contributed by atoms with Crippen LogP contribution in [0.2, 0.25) is 0 Å². The minimum Gasteiger partial charge on any atom is -0.355 e. The predicted octanol–water partition coefficient (Wildman–Crippen LogP) is 2.17. The number of nitrogens with one attached hydrogen (secondary N) is 2. The van der Waals surface area contributed by atoms with E-state index in [0.29, 0.717) is 56.6 Å². The van der Waals surface area contributed by atoms with Crippen molar-refractivity contribution in [2.75, 3.05) is 67.5 Å². The van der Waals surface area contributed by atoms with Gasteiger partial charge in [0, 0.05) is 69.8 Å². The number of halogens is 2. The van der Waals surface area contributed by atoms with Crippen LogP contribution in [-0.4, -0.2) is 83.7 Å². The average molecular weight is 573 g/mol. The van der Waals surface area contributed by atoms with Gasteiger partial charge in [-0.25, -0.2) is 4.79 Å². The minimum atomic E-state index is -0.194. The lowest BCUT2D eigenvalue weighted by molar-refractivity contribution is -0.125. The molecule has 1 aromatic carbocycles. The summed E-state index contributed by atoms with van der Waals surface area (Å²) in [5.41, 5.74) is 6.10. The molecule has 5 rings (SSSR count). The molecule has 12 nitrogen and oxygen atoms in total. The van der Waals surface area contributed by atoms with Gasteiger partial charge in [-0.2, -0.15) is 9.36 Å². The third-order valence-electron chi connectivity index (χ3n) is 6.44. The fourth-order valence-electron chi connectivity index (χ4n) is 4.40. The first-order chi connectivity index (χ1) is 17.1. The summed E-state index contributed by atoms with van der Waals surface area (Å²) in [5.74, 6) is 1.25. The summed E-state index contributed by atoms with van der Waals surface area (Å²) in [7, 11) is 0. The van der Waals surface area contributed by atoms with Crippen LogP contribution in [0.25, 0.3) is 11.0 Å². The molecule has 2 fully saturated rings. The molecule has 2 aliphatic heterocycles. The van der Waals surface area contributed by atoms with E-state index in [9.17, 15) is 9.59 Å². The molecule has 4 N–H and O–H groups in total. The molecule has 4 heterocycles. The van der Waals surface area contributed by atoms with Crippen LogP contribution in [0.4, 0.5) is 21.7 Å². The summed E-state index contributed by atoms with van der Waals surface area (Å²) in [5, 5.41) is 11.3. The van der Waals surface area contributed by atoms with Gasteiger partial charge in [-0.15, -0.1) is 24.8 Å². The highest BCUT2D eigenvalue weighted by Crippen LogP contribution is 2.27. The zero-order chi connectivity index (χ0) is 24.2. The number of anilines is 3. The smallest absolute Gasteiger partial charge is 0.323 e. The van der Waals surface area contributed by atoms with Gasteiger partial charge in [0.25, 0.3) is 0 Å². The molecule has 2 saturated heterocycles. The zero-order valence-corrected chi connectivity index (χ0v) is 22.6. The summed E-state index contributed by atoms with van der Waals surface area (Å²) in [6.45, 7) is 4.95. The molecule has 3 aromatic rings. The highest BCUT2D eigenvalue weighted by molar-refractivity contribution is 7.09. The fraction of sp³-hybridized carbons (Fsp3) is 0.500. The number of fused-ring (bicyclic) bond motifs is 1. The second kappa shape index (κ2) is 13.1. The van der Waals surface area contributed by atoms with E-state index in [1.807, 2.05) is 24.3 Å². The highest BCUT2D eigenvalue weighted by Gasteiger charge is 2.28. The van der Waals surface area contributed by atoms with Crippen LogP contribution in [-0.2, 0) is 4.79 Å². The van der Waals surface area contributed by atoms with E-state index >= 15 is 0 Å². The fourth-order valence-corrected chi connectivity index (χ4v) is 5.14. The maximum absolute atomic E-state index is 12.7. The molecule has 0 spiro atoms. The van der Waals surface area contributed by atoms with Gasteiger partial charge in [-0.1, -0.05) is 17.3 Å². The van der Waals surface area contributed by atoms with Gasteiger partial charge in [-0.05, 0) is 25.0 Å². The summed E-state index contributed by atoms with van der Waals surface area (Å²) >= 11 is 1.37. The Hall–Kier alpha value is -2.87. The second-order valence-corrected chi connectivity index (χ2v) is 9.38. The molecule has 2 aromatic heterocycles. The molecule has 0 saturated carbocycles. The summed E-state index contributed by atoms with van der Waals surface area (Å²) < 4.78 is 9.82. The first-order valence-electron chi connectivity index (χ1n) is 11.8. The number of hydrogen-bond donors (Lipinski definition) is 3. The van der Waals surface area contributed by atoms with Crippen molar-refractivity contribution in [3.05, 3.63) is 24.3 Å². The number of urea groups is 1. The number of carbonyl (C=O) groups is 2. The maximum atomic E-state index is 12.7. The van der Waals surface area contributed by atoms with E-state index in [1.165, 1.54) is 11.5 Å². The van der Waals surface area contributed by atoms with E-state index in [-0.39, 0.29) is 42.7 Å². The monoisotopic (exact) mass is 571 g/mol. The SMILES string of the molecule is Cl.Cl.NCCNC(=O)C1CCN(c2nsc(N3CCN(C(=O)Nc4noc5ccccc45)CC3)n2)CC1. The van der Waals surface area contributed by atoms with Crippen LogP contribution in [0, 0.1) is 5.92 Å². The molecule has 0 aliphatic carbocycles. The Balaban J connectivity index is 0.00000190. The third kappa shape index (κ3) is 6.53. The number of nitrogens with zero attached hydrogens (tertiary/aromatic N) is 6. The first-order valence-corrected chi connectivity index (χ1v) is 12.6. The van der Waals surface area contributed by atoms with E-state index in [4.69, 9.17) is 15.2 Å². The largest absolute Gasteiger partial charge is 0.355 e. The van der Waals surface area contributed by atoms with Gasteiger partial charge >= 0.3 is 6.03 Å². The van der Waals surface area contributed by atoms with E-state index in [1.54, 1.807) is 4.90 Å². The van der Waals surface area contributed by atoms with Crippen LogP contribution in [0.1, 0.15) is 12.8 Å². The Morgan fingerprint density at radius 2 is 1.78 bits per heavy atom. The lowest BCUT2D eigenvalue weighted by Crippen LogP contribution is -2.50. The van der Waals surface area contributed by atoms with Crippen LogP contribution >= 0.6 is 36.3 Å². The molecule has 202 valence electrons. The lowest BCUT2D eigenvalue weighted by Gasteiger charge is -2.34. The van der Waals surface area contributed by atoms with Crippen molar-refractivity contribution in [3.63, 3.8) is 0 Å². The van der Waals surface area contributed by atoms with Crippen molar-refractivity contribution in [2.45, 2.75) is 12.8 Å². The van der Waals surface area contributed by atoms with Crippen molar-refractivity contribution < 1.29 is 14.1 Å². The topological polar surface area (TPSA) is 146 Å². The van der Waals surface area contributed by atoms with Crippen molar-refractivity contribution in [1.82, 2.24) is 24.7 Å². The quantitative estimate of drug-likeness (QED) is 0.405. The van der Waals surface area contributed by atoms with Crippen LogP contribution in [0.5, 0.6) is 0 Å². The Bertz CT molecular complexity index is 1180. The molecule has 2 aliphatic rings. The Morgan fingerprint density at radius 3 is 2.51 bits per heavy atom. The number of benzene rings is 1. The maximum Gasteiger partial charge on any atom is 0.323 e. The minimum absolute atomic E-state index is 0. The van der Waals surface area contributed by atoms with Gasteiger partial charge in [0.2, 0.25) is 17.0 Å². The summed E-state index contributed by atoms with van der Waals surface area (Å²) in [4.78, 5) is 35.7. The number of amides is 3. The Morgan fingerprint density at radius 1 is 1.05 bits per heavy atom. The van der Waals surface area contributed by atoms with E-state index in [2.05, 4.69) is 30.0 Å². The molecule has 0 radical (unpaired) electrons. The third-order valence-corrected chi connectivity index (χ3v) is 7.20. The van der Waals surface area contributed by atoms with Crippen molar-refractivity contribution >= 4 is 76.2 Å². The number of aromatic nitrogens is 3. The second-order valence-electron chi connectivity index (χ2n) is 8.65. The predicted molar refractivity (Wildman–Crippen MR) is 148 cm³/mol. The number of nitrogens with two attached hydrogens (primary N) is 1. The molecular weight excluding hydrogens is 541 g/mol. The highest BCUT2D eigenvalue weighted by atomic mass is 35.5. The summed E-state index contributed by atoms with van der Waals surface area (Å²) in [6, 6.07) is 7.23. The lowest BCUT2D eigenvalue weighted by atomic mass is 9.96. The van der Waals surface area contributed by atoms with Gasteiger partial charge in [0.15, 0.2) is 11.4 Å². The number of para-hydroxylation sites is 1. The van der Waals surface area contributed by atoms with Gasteiger partial charge in [0.05, 0.1) is 5.39 Å². The normalized spacial score (nSPS) is 16.2. The average Bonchev–Trinajstić information content (AvgIpc) is 3.55. The number of carbonyl (C=O) groups excluding carboxylic acids is 2. The molecule has 37 heavy (non-hydrogen) atoms. The number of piperidine rings is 1. The number of hydrogen-bond acceptors (Lipinski definition) is 10. The molecular formula is C22H31Cl2N9O3S. The van der Waals surface area contributed by atoms with Crippen molar-refractivity contribution in [1.29, 1.82) is 0 Å². The molecule has 0 atom stereocenters. The molecule has 3 amide bonds. The van der Waals surface area contributed by atoms with Crippen molar-refractivity contribution in [3.8, 4) is 0 Å². The van der Waals surface area contributed by atoms with E-state index in [0.717, 1.165) is 36.4 Å². The van der Waals surface area contributed by atoms with Gasteiger partial charge < -0.3 is 30.3 Å². The Labute approximate surface area is 230 Å². The van der Waals surface area contributed by atoms with Crippen LogP contribution in [0.3, 0.4) is 0 Å². The van der Waals surface area contributed by atoms with E-state index < -0.39 is 0 Å². The van der Waals surface area contributed by atoms with Gasteiger partial charge in [0.1, 0.15) is 0 Å². The summed E-state index contributed by atoms with van der Waals surface area (Å²) in [6.07, 6.45) is 1.55. The molecule has 15 heteroatoms. The number of piperazine rings is 1. The first kappa shape index (κ1) is 28.7. The van der Waals surface area contributed by atoms with Crippen LogP contribution in [0.15, 0.2) is 28.8 Å². The molecule has 0 bridgehead atoms. The van der Waals surface area contributed by atoms with Gasteiger partial charge in [-0.3, -0.25) is 10.1 Å². The zero-order valence-electron chi connectivity index (χ0n) is 20.2. The van der Waals surface area contributed by atoms with Crippen molar-refractivity contribution in [2.24, 2.45) is 11.7 Å². The number of rotatable bonds is 6. The Kier molecular flexibility index (Phi) is 10.1.